The molecule has 0 atom stereocenters. The van der Waals surface area contributed by atoms with E-state index < -0.39 is 33.3 Å². The van der Waals surface area contributed by atoms with Crippen LogP contribution in [0.25, 0.3) is 0 Å². The summed E-state index contributed by atoms with van der Waals surface area (Å²) in [4.78, 5) is 60.2. The number of nitrogens with zero attached hydrogens (tertiary/aromatic N) is 3. The molecule has 0 aromatic heterocycles. The molecule has 0 fully saturated rings. The van der Waals surface area contributed by atoms with Crippen LogP contribution in [0.1, 0.15) is 42.2 Å². The van der Waals surface area contributed by atoms with E-state index in [1.165, 1.54) is 48.5 Å². The molecule has 0 saturated carbocycles. The number of benzene rings is 3. The highest BCUT2D eigenvalue weighted by Crippen LogP contribution is 2.35. The Labute approximate surface area is 191 Å². The fourth-order valence-electron chi connectivity index (χ4n) is 3.55. The number of carbonyl (C=O) groups excluding carboxylic acids is 3. The first-order valence-electron chi connectivity index (χ1n) is 9.85. The first-order valence-corrected chi connectivity index (χ1v) is 9.85. The van der Waals surface area contributed by atoms with Gasteiger partial charge in [-0.2, -0.15) is 0 Å². The van der Waals surface area contributed by atoms with Gasteiger partial charge in [0.25, 0.3) is 23.2 Å². The predicted octanol–water partition coefficient (Wildman–Crippen LogP) is 3.97. The number of ether oxygens (including phenoxy) is 1. The molecule has 0 unspecified atom stereocenters. The number of nitro groups is 2. The Morgan fingerprint density at radius 1 is 0.912 bits per heavy atom. The van der Waals surface area contributed by atoms with E-state index in [9.17, 15) is 34.6 Å². The van der Waals surface area contributed by atoms with Crippen molar-refractivity contribution in [1.29, 1.82) is 0 Å². The second-order valence-corrected chi connectivity index (χ2v) is 7.46. The fraction of sp³-hybridized carbons (Fsp3) is 0.0870. The molecule has 1 heterocycles. The summed E-state index contributed by atoms with van der Waals surface area (Å²) >= 11 is 0. The minimum absolute atomic E-state index is 0.00453. The summed E-state index contributed by atoms with van der Waals surface area (Å²) in [6.45, 7) is 1.40. The number of non-ortho nitro benzene ring substituents is 1. The van der Waals surface area contributed by atoms with Gasteiger partial charge in [0.1, 0.15) is 12.3 Å². The van der Waals surface area contributed by atoms with Gasteiger partial charge < -0.3 is 4.74 Å². The van der Waals surface area contributed by atoms with Crippen LogP contribution in [0, 0.1) is 27.2 Å². The van der Waals surface area contributed by atoms with Gasteiger partial charge in [-0.25, -0.2) is 9.69 Å². The van der Waals surface area contributed by atoms with Crippen molar-refractivity contribution in [2.45, 2.75) is 13.5 Å². The maximum atomic E-state index is 13.0. The molecular weight excluding hydrogens is 446 g/mol. The summed E-state index contributed by atoms with van der Waals surface area (Å²) in [6.07, 6.45) is 0. The highest BCUT2D eigenvalue weighted by molar-refractivity contribution is 6.35. The molecular formula is C23H15N3O8. The number of aryl methyl sites for hydroxylation is 1. The van der Waals surface area contributed by atoms with Gasteiger partial charge in [0.2, 0.25) is 0 Å². The van der Waals surface area contributed by atoms with Crippen LogP contribution in [0.4, 0.5) is 17.1 Å². The zero-order chi connectivity index (χ0) is 24.6. The topological polar surface area (TPSA) is 150 Å². The Morgan fingerprint density at radius 2 is 1.65 bits per heavy atom. The molecule has 170 valence electrons. The number of imide groups is 1. The molecule has 2 amide bonds. The van der Waals surface area contributed by atoms with Crippen LogP contribution in [0.5, 0.6) is 0 Å². The quantitative estimate of drug-likeness (QED) is 0.232. The monoisotopic (exact) mass is 461 g/mol. The van der Waals surface area contributed by atoms with E-state index in [0.29, 0.717) is 16.0 Å². The van der Waals surface area contributed by atoms with E-state index in [2.05, 4.69) is 0 Å². The smallest absolute Gasteiger partial charge is 0.338 e. The van der Waals surface area contributed by atoms with Crippen LogP contribution in [0.3, 0.4) is 0 Å². The number of nitro benzene ring substituents is 2. The van der Waals surface area contributed by atoms with Crippen molar-refractivity contribution < 1.29 is 29.0 Å². The van der Waals surface area contributed by atoms with Gasteiger partial charge in [-0.05, 0) is 42.3 Å². The minimum Gasteiger partial charge on any atom is -0.457 e. The van der Waals surface area contributed by atoms with Gasteiger partial charge in [-0.3, -0.25) is 29.8 Å². The van der Waals surface area contributed by atoms with Gasteiger partial charge in [0.05, 0.1) is 26.5 Å². The average Bonchev–Trinajstić information content (AvgIpc) is 3.07. The number of esters is 1. The zero-order valence-electron chi connectivity index (χ0n) is 17.6. The molecule has 0 aliphatic carbocycles. The van der Waals surface area contributed by atoms with Crippen molar-refractivity contribution in [2.75, 3.05) is 4.90 Å². The minimum atomic E-state index is -0.811. The lowest BCUT2D eigenvalue weighted by molar-refractivity contribution is -0.385. The summed E-state index contributed by atoms with van der Waals surface area (Å²) in [5.41, 5.74) is 0.141. The van der Waals surface area contributed by atoms with Gasteiger partial charge in [0.15, 0.2) is 0 Å². The third-order valence-corrected chi connectivity index (χ3v) is 5.18. The number of amides is 2. The Morgan fingerprint density at radius 3 is 2.35 bits per heavy atom. The molecule has 0 bridgehead atoms. The van der Waals surface area contributed by atoms with Crippen LogP contribution in [-0.2, 0) is 11.3 Å². The molecule has 1 aliphatic rings. The van der Waals surface area contributed by atoms with E-state index >= 15 is 0 Å². The summed E-state index contributed by atoms with van der Waals surface area (Å²) in [6, 6.07) is 13.5. The highest BCUT2D eigenvalue weighted by atomic mass is 16.6. The fourth-order valence-corrected chi connectivity index (χ4v) is 3.55. The SMILES string of the molecule is Cc1ccc(N2C(=O)c3ccc(C(=O)OCc4cccc([N+](=O)[O-])c4)cc3C2=O)c([N+](=O)[O-])c1. The van der Waals surface area contributed by atoms with Crippen LogP contribution in [0.2, 0.25) is 0 Å². The molecule has 0 spiro atoms. The van der Waals surface area contributed by atoms with Crippen molar-refractivity contribution in [3.05, 3.63) is 109 Å². The lowest BCUT2D eigenvalue weighted by atomic mass is 10.1. The van der Waals surface area contributed by atoms with Crippen molar-refractivity contribution in [1.82, 2.24) is 0 Å². The number of hydrogen-bond donors (Lipinski definition) is 0. The summed E-state index contributed by atoms with van der Waals surface area (Å²) in [5, 5.41) is 22.3. The van der Waals surface area contributed by atoms with Gasteiger partial charge in [-0.15, -0.1) is 0 Å². The van der Waals surface area contributed by atoms with Crippen molar-refractivity contribution in [3.63, 3.8) is 0 Å². The van der Waals surface area contributed by atoms with Crippen LogP contribution in [0.15, 0.2) is 60.7 Å². The average molecular weight is 461 g/mol. The second kappa shape index (κ2) is 8.54. The normalized spacial score (nSPS) is 12.4. The van der Waals surface area contributed by atoms with Crippen LogP contribution in [-0.4, -0.2) is 27.6 Å². The number of carbonyl (C=O) groups is 3. The Hall–Kier alpha value is -4.93. The number of rotatable bonds is 6. The molecule has 34 heavy (non-hydrogen) atoms. The third kappa shape index (κ3) is 3.97. The first-order chi connectivity index (χ1) is 16.2. The van der Waals surface area contributed by atoms with Crippen molar-refractivity contribution in [3.8, 4) is 0 Å². The predicted molar refractivity (Wildman–Crippen MR) is 118 cm³/mol. The Kier molecular flexibility index (Phi) is 5.60. The van der Waals surface area contributed by atoms with E-state index in [0.717, 1.165) is 0 Å². The van der Waals surface area contributed by atoms with Gasteiger partial charge in [-0.1, -0.05) is 18.2 Å². The zero-order valence-corrected chi connectivity index (χ0v) is 17.6. The lowest BCUT2D eigenvalue weighted by Crippen LogP contribution is -2.30. The molecule has 3 aromatic carbocycles. The maximum absolute atomic E-state index is 13.0. The van der Waals surface area contributed by atoms with Crippen LogP contribution >= 0.6 is 0 Å². The molecule has 4 rings (SSSR count). The number of fused-ring (bicyclic) bond motifs is 1. The number of hydrogen-bond acceptors (Lipinski definition) is 8. The Balaban J connectivity index is 1.58. The van der Waals surface area contributed by atoms with Crippen LogP contribution < -0.4 is 4.90 Å². The van der Waals surface area contributed by atoms with E-state index in [-0.39, 0.29) is 34.7 Å². The van der Waals surface area contributed by atoms with E-state index in [1.54, 1.807) is 19.1 Å². The second-order valence-electron chi connectivity index (χ2n) is 7.46. The molecule has 11 heteroatoms. The summed E-state index contributed by atoms with van der Waals surface area (Å²) < 4.78 is 5.19. The van der Waals surface area contributed by atoms with E-state index in [1.807, 2.05) is 0 Å². The molecule has 0 radical (unpaired) electrons. The Bertz CT molecular complexity index is 1400. The van der Waals surface area contributed by atoms with E-state index in [4.69, 9.17) is 4.74 Å². The molecule has 1 aliphatic heterocycles. The largest absolute Gasteiger partial charge is 0.457 e. The summed E-state index contributed by atoms with van der Waals surface area (Å²) in [7, 11) is 0. The maximum Gasteiger partial charge on any atom is 0.338 e. The molecule has 11 nitrogen and oxygen atoms in total. The first kappa shape index (κ1) is 22.3. The third-order valence-electron chi connectivity index (χ3n) is 5.18. The molecule has 3 aromatic rings. The lowest BCUT2D eigenvalue weighted by Gasteiger charge is -2.14. The van der Waals surface area contributed by atoms with Crippen molar-refractivity contribution >= 4 is 34.8 Å². The molecule has 0 N–H and O–H groups in total. The van der Waals surface area contributed by atoms with Crippen molar-refractivity contribution in [2.24, 2.45) is 0 Å². The standard InChI is InChI=1S/C23H15N3O8/c1-13-5-8-19(20(9-13)26(32)33)24-21(27)17-7-6-15(11-18(17)22(24)28)23(29)34-12-14-3-2-4-16(10-14)25(30)31/h2-11H,12H2,1H3. The van der Waals surface area contributed by atoms with Gasteiger partial charge >= 0.3 is 5.97 Å². The van der Waals surface area contributed by atoms with Gasteiger partial charge in [0, 0.05) is 18.2 Å². The molecule has 0 saturated heterocycles. The number of anilines is 1. The summed E-state index contributed by atoms with van der Waals surface area (Å²) in [5.74, 6) is -2.36. The highest BCUT2D eigenvalue weighted by Gasteiger charge is 2.40.